The van der Waals surface area contributed by atoms with Crippen LogP contribution in [0.1, 0.15) is 52.0 Å². The summed E-state index contributed by atoms with van der Waals surface area (Å²) >= 11 is 0. The van der Waals surface area contributed by atoms with Crippen molar-refractivity contribution in [3.63, 3.8) is 0 Å². The molecule has 2 saturated carbocycles. The Kier molecular flexibility index (Phi) is 4.11. The molecule has 5 rings (SSSR count). The Bertz CT molecular complexity index is 940. The molecule has 0 radical (unpaired) electrons. The number of aliphatic hydroxyl groups is 1. The number of pyridine rings is 1. The molecular formula is C21H29BN4O2. The molecule has 2 aromatic heterocycles. The smallest absolute Gasteiger partial charge is 0.428 e. The van der Waals surface area contributed by atoms with Gasteiger partial charge in [-0.3, -0.25) is 0 Å². The molecule has 3 heterocycles. The average Bonchev–Trinajstić information content (AvgIpc) is 3.10. The largest absolute Gasteiger partial charge is 0.468 e. The number of fused-ring (bicyclic) bond motifs is 5. The number of nitrogens with zero attached hydrogens (tertiary/aromatic N) is 3. The van der Waals surface area contributed by atoms with E-state index in [0.29, 0.717) is 24.3 Å². The van der Waals surface area contributed by atoms with Crippen LogP contribution in [0.15, 0.2) is 23.6 Å². The number of aromatic nitrogens is 2. The highest BCUT2D eigenvalue weighted by Gasteiger charge is 2.51. The van der Waals surface area contributed by atoms with Crippen LogP contribution in [0.4, 0.5) is 0 Å². The average molecular weight is 380 g/mol. The van der Waals surface area contributed by atoms with E-state index >= 15 is 0 Å². The normalized spacial score (nSPS) is 35.1. The maximum Gasteiger partial charge on any atom is 0.468 e. The van der Waals surface area contributed by atoms with Gasteiger partial charge in [-0.05, 0) is 56.4 Å². The first-order chi connectivity index (χ1) is 13.4. The van der Waals surface area contributed by atoms with Gasteiger partial charge in [0.05, 0.1) is 11.3 Å². The second-order valence-electron chi connectivity index (χ2n) is 9.38. The molecule has 2 bridgehead atoms. The summed E-state index contributed by atoms with van der Waals surface area (Å²) in [5, 5.41) is 28.0. The second-order valence-corrected chi connectivity index (χ2v) is 9.38. The van der Waals surface area contributed by atoms with Gasteiger partial charge >= 0.3 is 7.05 Å². The molecule has 0 saturated heterocycles. The van der Waals surface area contributed by atoms with E-state index in [4.69, 9.17) is 5.10 Å². The van der Waals surface area contributed by atoms with E-state index < -0.39 is 12.7 Å². The fourth-order valence-electron chi connectivity index (χ4n) is 6.41. The Hall–Kier alpha value is -1.86. The second kappa shape index (κ2) is 6.32. The van der Waals surface area contributed by atoms with Crippen LogP contribution < -0.4 is 5.46 Å². The third-order valence-corrected chi connectivity index (χ3v) is 7.21. The molecule has 6 nitrogen and oxygen atoms in total. The Balaban J connectivity index is 1.67. The summed E-state index contributed by atoms with van der Waals surface area (Å²) in [5.74, 6) is 1.57. The summed E-state index contributed by atoms with van der Waals surface area (Å²) < 4.78 is 0. The summed E-state index contributed by atoms with van der Waals surface area (Å²) in [6.07, 6.45) is 7.42. The fourth-order valence-corrected chi connectivity index (χ4v) is 6.41. The Morgan fingerprint density at radius 3 is 2.93 bits per heavy atom. The third kappa shape index (κ3) is 2.63. The molecule has 2 unspecified atom stereocenters. The molecule has 0 amide bonds. The number of hydrogen-bond acceptors (Lipinski definition) is 5. The van der Waals surface area contributed by atoms with E-state index in [-0.39, 0.29) is 5.92 Å². The molecule has 2 aromatic rings. The SMILES string of the molecule is CCN1N=C([C@H]2[C@H]3CC(C)CC(O)(C3)C[C@H]2C)c2c(cnc3[nH]ccc23)B1O. The summed E-state index contributed by atoms with van der Waals surface area (Å²) in [6.45, 7) is 7.18. The van der Waals surface area contributed by atoms with Crippen LogP contribution in [-0.4, -0.2) is 49.9 Å². The first-order valence-corrected chi connectivity index (χ1v) is 10.6. The van der Waals surface area contributed by atoms with E-state index in [0.717, 1.165) is 53.5 Å². The van der Waals surface area contributed by atoms with Crippen molar-refractivity contribution in [2.75, 3.05) is 6.54 Å². The standard InChI is InChI=1S/C21H29BN4O2/c1-4-26-22(28)16-11-24-20-15(5-6-23-20)18(16)19(25-26)17-13(3)9-21(27)8-12(2)7-14(17)10-21/h5-6,11-14,17,27-28H,4,7-10H2,1-3H3,(H,23,24)/t12?,13-,14+,17-,21?/m1/s1. The van der Waals surface area contributed by atoms with Crippen molar-refractivity contribution in [2.24, 2.45) is 28.8 Å². The number of rotatable bonds is 2. The number of nitrogens with one attached hydrogen (secondary N) is 1. The Morgan fingerprint density at radius 1 is 1.32 bits per heavy atom. The zero-order valence-electron chi connectivity index (χ0n) is 16.9. The minimum absolute atomic E-state index is 0.281. The minimum atomic E-state index is -0.767. The predicted molar refractivity (Wildman–Crippen MR) is 111 cm³/mol. The molecule has 3 N–H and O–H groups in total. The predicted octanol–water partition coefficient (Wildman–Crippen LogP) is 2.11. The van der Waals surface area contributed by atoms with Crippen LogP contribution in [0.2, 0.25) is 0 Å². The van der Waals surface area contributed by atoms with Gasteiger partial charge in [-0.15, -0.1) is 0 Å². The highest BCUT2D eigenvalue weighted by Crippen LogP contribution is 2.51. The van der Waals surface area contributed by atoms with Crippen molar-refractivity contribution in [3.8, 4) is 0 Å². The Morgan fingerprint density at radius 2 is 2.14 bits per heavy atom. The zero-order chi connectivity index (χ0) is 19.6. The summed E-state index contributed by atoms with van der Waals surface area (Å²) in [5.41, 5.74) is 3.27. The zero-order valence-corrected chi connectivity index (χ0v) is 16.9. The van der Waals surface area contributed by atoms with Crippen molar-refractivity contribution in [3.05, 3.63) is 24.0 Å². The highest BCUT2D eigenvalue weighted by molar-refractivity contribution is 6.66. The number of hydrogen-bond donors (Lipinski definition) is 3. The number of H-pyrrole nitrogens is 1. The van der Waals surface area contributed by atoms with Crippen molar-refractivity contribution >= 4 is 29.3 Å². The van der Waals surface area contributed by atoms with E-state index in [1.165, 1.54) is 0 Å². The molecule has 2 fully saturated rings. The Labute approximate surface area is 166 Å². The van der Waals surface area contributed by atoms with Crippen molar-refractivity contribution in [1.82, 2.24) is 14.9 Å². The lowest BCUT2D eigenvalue weighted by atomic mass is 9.55. The molecule has 7 heteroatoms. The molecule has 0 spiro atoms. The van der Waals surface area contributed by atoms with Crippen LogP contribution in [-0.2, 0) is 0 Å². The van der Waals surface area contributed by atoms with Crippen LogP contribution in [0, 0.1) is 23.7 Å². The monoisotopic (exact) mass is 380 g/mol. The molecule has 0 aromatic carbocycles. The number of hydrazone groups is 1. The molecular weight excluding hydrogens is 351 g/mol. The molecule has 28 heavy (non-hydrogen) atoms. The lowest BCUT2D eigenvalue weighted by Crippen LogP contribution is -2.56. The van der Waals surface area contributed by atoms with Gasteiger partial charge < -0.3 is 20.0 Å². The van der Waals surface area contributed by atoms with E-state index in [1.807, 2.05) is 19.2 Å². The first-order valence-electron chi connectivity index (χ1n) is 10.6. The van der Waals surface area contributed by atoms with Crippen LogP contribution in [0.3, 0.4) is 0 Å². The van der Waals surface area contributed by atoms with Gasteiger partial charge in [-0.2, -0.15) is 5.10 Å². The fraction of sp³-hybridized carbons (Fsp3) is 0.619. The molecule has 3 aliphatic rings. The maximum absolute atomic E-state index is 11.1. The lowest BCUT2D eigenvalue weighted by molar-refractivity contribution is -0.0918. The summed E-state index contributed by atoms with van der Waals surface area (Å²) in [6, 6.07) is 2.04. The van der Waals surface area contributed by atoms with Gasteiger partial charge in [-0.25, -0.2) is 4.98 Å². The molecule has 148 valence electrons. The topological polar surface area (TPSA) is 84.7 Å². The van der Waals surface area contributed by atoms with Gasteiger partial charge in [0.1, 0.15) is 5.65 Å². The minimum Gasteiger partial charge on any atom is -0.428 e. The maximum atomic E-state index is 11.1. The van der Waals surface area contributed by atoms with Gasteiger partial charge in [0.2, 0.25) is 0 Å². The van der Waals surface area contributed by atoms with Crippen molar-refractivity contribution in [2.45, 2.75) is 52.1 Å². The molecule has 2 aliphatic carbocycles. The van der Waals surface area contributed by atoms with E-state index in [9.17, 15) is 10.1 Å². The number of aromatic amines is 1. The summed E-state index contributed by atoms with van der Waals surface area (Å²) in [7, 11) is -0.767. The van der Waals surface area contributed by atoms with Crippen LogP contribution in [0.25, 0.3) is 11.0 Å². The van der Waals surface area contributed by atoms with E-state index in [1.54, 1.807) is 11.1 Å². The van der Waals surface area contributed by atoms with Gasteiger partial charge in [0.25, 0.3) is 0 Å². The van der Waals surface area contributed by atoms with Gasteiger partial charge in [0, 0.05) is 41.3 Å². The highest BCUT2D eigenvalue weighted by atomic mass is 16.3. The first kappa shape index (κ1) is 18.2. The third-order valence-electron chi connectivity index (χ3n) is 7.21. The van der Waals surface area contributed by atoms with Crippen LogP contribution in [0.5, 0.6) is 0 Å². The van der Waals surface area contributed by atoms with Gasteiger partial charge in [0.15, 0.2) is 0 Å². The van der Waals surface area contributed by atoms with Crippen molar-refractivity contribution < 1.29 is 10.1 Å². The quantitative estimate of drug-likeness (QED) is 0.697. The van der Waals surface area contributed by atoms with E-state index in [2.05, 4.69) is 23.8 Å². The lowest BCUT2D eigenvalue weighted by Gasteiger charge is -2.52. The van der Waals surface area contributed by atoms with Crippen LogP contribution >= 0.6 is 0 Å². The summed E-state index contributed by atoms with van der Waals surface area (Å²) in [4.78, 5) is 9.50. The molecule has 1 aliphatic heterocycles. The van der Waals surface area contributed by atoms with Crippen molar-refractivity contribution in [1.29, 1.82) is 0 Å². The van der Waals surface area contributed by atoms with Gasteiger partial charge in [-0.1, -0.05) is 13.8 Å². The molecule has 5 atom stereocenters.